The van der Waals surface area contributed by atoms with Crippen molar-refractivity contribution in [2.75, 3.05) is 26.6 Å². The van der Waals surface area contributed by atoms with Crippen LogP contribution >= 0.6 is 0 Å². The third kappa shape index (κ3) is 5.02. The first-order valence-corrected chi connectivity index (χ1v) is 12.8. The number of carbonyl (C=O) groups excluding carboxylic acids is 2. The molecular formula is C31H32N2O6. The Kier molecular flexibility index (Phi) is 7.19. The molecule has 2 atom stereocenters. The molecule has 1 aliphatic heterocycles. The summed E-state index contributed by atoms with van der Waals surface area (Å²) in [6.07, 6.45) is 0.913. The van der Waals surface area contributed by atoms with E-state index in [0.717, 1.165) is 11.3 Å². The van der Waals surface area contributed by atoms with Gasteiger partial charge in [-0.3, -0.25) is 9.59 Å². The van der Waals surface area contributed by atoms with Gasteiger partial charge in [0.2, 0.25) is 0 Å². The SMILES string of the molecule is COc1ccc(NC(=O)C2=C(C)NC3=C(C(=O)C[C@H](c4ccc(OC)c(OC)c4)C3)[C@@H]2c2ccc(C)o2)cc1. The Morgan fingerprint density at radius 1 is 0.923 bits per heavy atom. The van der Waals surface area contributed by atoms with Crippen molar-refractivity contribution in [3.8, 4) is 17.2 Å². The van der Waals surface area contributed by atoms with Crippen LogP contribution in [0.2, 0.25) is 0 Å². The van der Waals surface area contributed by atoms with Gasteiger partial charge >= 0.3 is 0 Å². The third-order valence-corrected chi connectivity index (χ3v) is 7.34. The highest BCUT2D eigenvalue weighted by atomic mass is 16.5. The van der Waals surface area contributed by atoms with Gasteiger partial charge in [0.1, 0.15) is 17.3 Å². The molecular weight excluding hydrogens is 496 g/mol. The van der Waals surface area contributed by atoms with E-state index in [0.29, 0.717) is 64.1 Å². The van der Waals surface area contributed by atoms with E-state index in [2.05, 4.69) is 10.6 Å². The monoisotopic (exact) mass is 528 g/mol. The van der Waals surface area contributed by atoms with Crippen LogP contribution in [-0.4, -0.2) is 33.0 Å². The van der Waals surface area contributed by atoms with Crippen LogP contribution in [0.15, 0.2) is 81.6 Å². The molecule has 39 heavy (non-hydrogen) atoms. The summed E-state index contributed by atoms with van der Waals surface area (Å²) >= 11 is 0. The van der Waals surface area contributed by atoms with Gasteiger partial charge in [-0.1, -0.05) is 6.07 Å². The molecule has 1 amide bonds. The lowest BCUT2D eigenvalue weighted by atomic mass is 9.73. The Hall–Kier alpha value is -4.46. The van der Waals surface area contributed by atoms with E-state index >= 15 is 0 Å². The second kappa shape index (κ2) is 10.7. The summed E-state index contributed by atoms with van der Waals surface area (Å²) in [5.41, 5.74) is 4.13. The van der Waals surface area contributed by atoms with Crippen LogP contribution in [0.4, 0.5) is 5.69 Å². The number of methoxy groups -OCH3 is 3. The van der Waals surface area contributed by atoms with Gasteiger partial charge in [0.05, 0.1) is 32.8 Å². The molecule has 2 aromatic carbocycles. The average molecular weight is 529 g/mol. The molecule has 0 spiro atoms. The summed E-state index contributed by atoms with van der Waals surface area (Å²) in [7, 11) is 4.78. The minimum absolute atomic E-state index is 0.0233. The molecule has 5 rings (SSSR count). The summed E-state index contributed by atoms with van der Waals surface area (Å²) in [6.45, 7) is 3.71. The molecule has 2 heterocycles. The first-order chi connectivity index (χ1) is 18.8. The molecule has 8 nitrogen and oxygen atoms in total. The number of ketones is 1. The predicted molar refractivity (Wildman–Crippen MR) is 147 cm³/mol. The van der Waals surface area contributed by atoms with Gasteiger partial charge in [-0.05, 0) is 80.3 Å². The number of hydrogen-bond donors (Lipinski definition) is 2. The van der Waals surface area contributed by atoms with Gasteiger partial charge in [-0.25, -0.2) is 0 Å². The van der Waals surface area contributed by atoms with E-state index in [9.17, 15) is 9.59 Å². The van der Waals surface area contributed by atoms with Crippen LogP contribution in [0, 0.1) is 6.92 Å². The molecule has 202 valence electrons. The van der Waals surface area contributed by atoms with Crippen molar-refractivity contribution in [2.24, 2.45) is 0 Å². The molecule has 3 aromatic rings. The molecule has 0 saturated heterocycles. The van der Waals surface area contributed by atoms with Gasteiger partial charge < -0.3 is 29.3 Å². The summed E-state index contributed by atoms with van der Waals surface area (Å²) in [5.74, 6) is 2.24. The number of nitrogens with one attached hydrogen (secondary N) is 2. The Morgan fingerprint density at radius 2 is 1.67 bits per heavy atom. The van der Waals surface area contributed by atoms with E-state index in [-0.39, 0.29) is 17.6 Å². The maximum Gasteiger partial charge on any atom is 0.254 e. The zero-order valence-electron chi connectivity index (χ0n) is 22.7. The number of ether oxygens (including phenoxy) is 3. The summed E-state index contributed by atoms with van der Waals surface area (Å²) in [6, 6.07) is 16.6. The smallest absolute Gasteiger partial charge is 0.254 e. The van der Waals surface area contributed by atoms with Gasteiger partial charge in [0.25, 0.3) is 5.91 Å². The molecule has 0 radical (unpaired) electrons. The number of anilines is 1. The summed E-state index contributed by atoms with van der Waals surface area (Å²) < 4.78 is 22.1. The van der Waals surface area contributed by atoms with E-state index < -0.39 is 5.92 Å². The van der Waals surface area contributed by atoms with Gasteiger partial charge in [0.15, 0.2) is 17.3 Å². The van der Waals surface area contributed by atoms with E-state index in [1.165, 1.54) is 0 Å². The number of amides is 1. The second-order valence-corrected chi connectivity index (χ2v) is 9.76. The van der Waals surface area contributed by atoms with E-state index in [1.807, 2.05) is 44.2 Å². The quantitative estimate of drug-likeness (QED) is 0.411. The summed E-state index contributed by atoms with van der Waals surface area (Å²) in [4.78, 5) is 27.5. The molecule has 2 aliphatic rings. The van der Waals surface area contributed by atoms with E-state index in [4.69, 9.17) is 18.6 Å². The van der Waals surface area contributed by atoms with Gasteiger partial charge in [-0.2, -0.15) is 0 Å². The Bertz CT molecular complexity index is 1480. The molecule has 0 unspecified atom stereocenters. The number of allylic oxidation sites excluding steroid dienone is 3. The first kappa shape index (κ1) is 26.2. The normalized spacial score (nSPS) is 18.8. The number of rotatable bonds is 7. The molecule has 1 aromatic heterocycles. The first-order valence-electron chi connectivity index (χ1n) is 12.8. The van der Waals surface area contributed by atoms with Gasteiger partial charge in [0, 0.05) is 29.1 Å². The summed E-state index contributed by atoms with van der Waals surface area (Å²) in [5, 5.41) is 6.38. The average Bonchev–Trinajstić information content (AvgIpc) is 3.37. The number of furan rings is 1. The number of Topliss-reactive ketones (excluding diaryl/α,β-unsaturated/α-hetero) is 1. The molecule has 0 saturated carbocycles. The highest BCUT2D eigenvalue weighted by molar-refractivity contribution is 6.09. The molecule has 0 bridgehead atoms. The van der Waals surface area contributed by atoms with Gasteiger partial charge in [-0.15, -0.1) is 0 Å². The van der Waals surface area contributed by atoms with Crippen molar-refractivity contribution in [3.05, 3.63) is 94.2 Å². The zero-order chi connectivity index (χ0) is 27.7. The molecule has 0 fully saturated rings. The number of hydrogen-bond acceptors (Lipinski definition) is 7. The van der Waals surface area contributed by atoms with Crippen LogP contribution in [0.3, 0.4) is 0 Å². The van der Waals surface area contributed by atoms with Crippen molar-refractivity contribution in [1.29, 1.82) is 0 Å². The highest BCUT2D eigenvalue weighted by Crippen LogP contribution is 2.46. The Balaban J connectivity index is 1.50. The highest BCUT2D eigenvalue weighted by Gasteiger charge is 2.42. The number of dihydropyridines is 1. The van der Waals surface area contributed by atoms with Crippen molar-refractivity contribution >= 4 is 17.4 Å². The van der Waals surface area contributed by atoms with Crippen LogP contribution in [0.25, 0.3) is 0 Å². The van der Waals surface area contributed by atoms with Crippen molar-refractivity contribution in [1.82, 2.24) is 5.32 Å². The van der Waals surface area contributed by atoms with Crippen molar-refractivity contribution in [2.45, 2.75) is 38.5 Å². The zero-order valence-corrected chi connectivity index (χ0v) is 22.7. The Morgan fingerprint density at radius 3 is 2.31 bits per heavy atom. The standard InChI is InChI=1S/C31H32N2O6/c1-17-6-12-26(39-17)30-28(31(35)33-21-8-10-22(36-3)11-9-21)18(2)32-23-14-20(15-24(34)29(23)30)19-7-13-25(37-4)27(16-19)38-5/h6-13,16,20,30,32H,14-15H2,1-5H3,(H,33,35)/t20-,30-/m1/s1. The topological polar surface area (TPSA) is 99.0 Å². The van der Waals surface area contributed by atoms with Crippen LogP contribution in [0.5, 0.6) is 17.2 Å². The number of benzene rings is 2. The van der Waals surface area contributed by atoms with Crippen LogP contribution in [0.1, 0.15) is 48.7 Å². The van der Waals surface area contributed by atoms with Crippen LogP contribution < -0.4 is 24.8 Å². The molecule has 1 aliphatic carbocycles. The minimum Gasteiger partial charge on any atom is -0.497 e. The number of aryl methyl sites for hydroxylation is 1. The predicted octanol–water partition coefficient (Wildman–Crippen LogP) is 5.61. The lowest BCUT2D eigenvalue weighted by molar-refractivity contribution is -0.116. The fourth-order valence-corrected chi connectivity index (χ4v) is 5.45. The lowest BCUT2D eigenvalue weighted by Crippen LogP contribution is -2.37. The lowest BCUT2D eigenvalue weighted by Gasteiger charge is -2.36. The molecule has 2 N–H and O–H groups in total. The third-order valence-electron chi connectivity index (χ3n) is 7.34. The minimum atomic E-state index is -0.618. The fraction of sp³-hybridized carbons (Fsp3) is 0.290. The van der Waals surface area contributed by atoms with Crippen LogP contribution in [-0.2, 0) is 9.59 Å². The maximum atomic E-state index is 13.8. The maximum absolute atomic E-state index is 13.8. The molecule has 8 heteroatoms. The second-order valence-electron chi connectivity index (χ2n) is 9.76. The number of carbonyl (C=O) groups is 2. The largest absolute Gasteiger partial charge is 0.497 e. The van der Waals surface area contributed by atoms with Crippen molar-refractivity contribution in [3.63, 3.8) is 0 Å². The van der Waals surface area contributed by atoms with Crippen molar-refractivity contribution < 1.29 is 28.2 Å². The van der Waals surface area contributed by atoms with E-state index in [1.54, 1.807) is 45.6 Å². The fourth-order valence-electron chi connectivity index (χ4n) is 5.45. The Labute approximate surface area is 227 Å².